The van der Waals surface area contributed by atoms with Crippen LogP contribution in [0.5, 0.6) is 5.75 Å². The summed E-state index contributed by atoms with van der Waals surface area (Å²) in [5, 5.41) is 16.3. The maximum absolute atomic E-state index is 12.4. The van der Waals surface area contributed by atoms with E-state index in [0.717, 1.165) is 6.42 Å². The van der Waals surface area contributed by atoms with Gasteiger partial charge in [-0.3, -0.25) is 9.59 Å². The molecule has 0 aliphatic carbocycles. The Bertz CT molecular complexity index is 540. The van der Waals surface area contributed by atoms with E-state index in [-0.39, 0.29) is 12.3 Å². The predicted molar refractivity (Wildman–Crippen MR) is 81.6 cm³/mol. The number of hydrogen-bond donors (Lipinski definition) is 3. The fourth-order valence-corrected chi connectivity index (χ4v) is 2.42. The second-order valence-corrected chi connectivity index (χ2v) is 5.58. The Morgan fingerprint density at radius 3 is 2.68 bits per heavy atom. The normalized spacial score (nSPS) is 21.4. The molecule has 3 N–H and O–H groups in total. The van der Waals surface area contributed by atoms with Crippen molar-refractivity contribution >= 4 is 11.7 Å². The highest BCUT2D eigenvalue weighted by atomic mass is 16.5. The van der Waals surface area contributed by atoms with Crippen LogP contribution < -0.4 is 15.4 Å². The average molecular weight is 306 g/mol. The average Bonchev–Trinajstić information content (AvgIpc) is 2.72. The molecule has 1 amide bonds. The molecule has 1 aliphatic heterocycles. The number of nitrogens with one attached hydrogen (secondary N) is 2. The van der Waals surface area contributed by atoms with Crippen LogP contribution in [0.1, 0.15) is 25.3 Å². The van der Waals surface area contributed by atoms with Crippen LogP contribution in [0.15, 0.2) is 24.3 Å². The molecule has 6 heteroatoms. The van der Waals surface area contributed by atoms with Gasteiger partial charge in [-0.1, -0.05) is 12.1 Å². The topological polar surface area (TPSA) is 87.7 Å². The molecule has 1 aliphatic rings. The molecule has 0 saturated carbocycles. The number of hydrogen-bond acceptors (Lipinski definition) is 5. The van der Waals surface area contributed by atoms with Gasteiger partial charge in [-0.25, -0.2) is 0 Å². The van der Waals surface area contributed by atoms with Crippen molar-refractivity contribution in [1.82, 2.24) is 10.6 Å². The Balaban J connectivity index is 2.10. The molecule has 1 aromatic rings. The number of rotatable bonds is 5. The standard InChI is InChI=1S/C16H22N2O4/c1-16(21,11-4-6-12(22-2)7-5-11)14(19)10-13-15(20)18-9-3-8-17-13/h4-7,13,17,21H,3,8-10H2,1-2H3,(H,18,20). The zero-order chi connectivity index (χ0) is 16.2. The third-order valence-corrected chi connectivity index (χ3v) is 3.94. The molecule has 22 heavy (non-hydrogen) atoms. The summed E-state index contributed by atoms with van der Waals surface area (Å²) in [6.07, 6.45) is 0.774. The molecule has 0 spiro atoms. The lowest BCUT2D eigenvalue weighted by molar-refractivity contribution is -0.139. The van der Waals surface area contributed by atoms with Gasteiger partial charge in [0.15, 0.2) is 5.78 Å². The minimum atomic E-state index is -1.64. The van der Waals surface area contributed by atoms with Crippen molar-refractivity contribution in [2.45, 2.75) is 31.4 Å². The van der Waals surface area contributed by atoms with Crippen LogP contribution in [0.25, 0.3) is 0 Å². The lowest BCUT2D eigenvalue weighted by Gasteiger charge is -2.24. The molecular weight excluding hydrogens is 284 g/mol. The molecule has 2 rings (SSSR count). The highest BCUT2D eigenvalue weighted by Gasteiger charge is 2.35. The van der Waals surface area contributed by atoms with Crippen molar-refractivity contribution < 1.29 is 19.4 Å². The van der Waals surface area contributed by atoms with E-state index in [4.69, 9.17) is 4.74 Å². The summed E-state index contributed by atoms with van der Waals surface area (Å²) in [6.45, 7) is 2.72. The number of aliphatic hydroxyl groups is 1. The van der Waals surface area contributed by atoms with E-state index in [1.54, 1.807) is 31.4 Å². The SMILES string of the molecule is COc1ccc(C(C)(O)C(=O)CC2NCCCNC2=O)cc1. The van der Waals surface area contributed by atoms with E-state index in [1.807, 2.05) is 0 Å². The molecular formula is C16H22N2O4. The third kappa shape index (κ3) is 3.64. The first-order valence-corrected chi connectivity index (χ1v) is 7.36. The minimum absolute atomic E-state index is 0.0507. The molecule has 1 heterocycles. The first kappa shape index (κ1) is 16.5. The number of Topliss-reactive ketones (excluding diaryl/α,β-unsaturated/α-hetero) is 1. The molecule has 1 aromatic carbocycles. The fourth-order valence-electron chi connectivity index (χ4n) is 2.42. The van der Waals surface area contributed by atoms with Gasteiger partial charge < -0.3 is 20.5 Å². The first-order valence-electron chi connectivity index (χ1n) is 7.36. The van der Waals surface area contributed by atoms with Crippen LogP contribution in [-0.4, -0.2) is 43.0 Å². The molecule has 2 atom stereocenters. The first-order chi connectivity index (χ1) is 10.4. The van der Waals surface area contributed by atoms with Crippen LogP contribution in [0.2, 0.25) is 0 Å². The largest absolute Gasteiger partial charge is 0.497 e. The number of amides is 1. The van der Waals surface area contributed by atoms with Crippen molar-refractivity contribution in [3.05, 3.63) is 29.8 Å². The Kier molecular flexibility index (Phi) is 5.15. The number of carbonyl (C=O) groups is 2. The van der Waals surface area contributed by atoms with E-state index >= 15 is 0 Å². The Labute approximate surface area is 129 Å². The Morgan fingerprint density at radius 1 is 1.36 bits per heavy atom. The number of carbonyl (C=O) groups excluding carboxylic acids is 2. The van der Waals surface area contributed by atoms with Gasteiger partial charge in [-0.2, -0.15) is 0 Å². The van der Waals surface area contributed by atoms with Gasteiger partial charge in [0.25, 0.3) is 0 Å². The zero-order valence-corrected chi connectivity index (χ0v) is 12.9. The second-order valence-electron chi connectivity index (χ2n) is 5.58. The lowest BCUT2D eigenvalue weighted by Crippen LogP contribution is -2.45. The molecule has 0 bridgehead atoms. The van der Waals surface area contributed by atoms with Crippen LogP contribution >= 0.6 is 0 Å². The Morgan fingerprint density at radius 2 is 2.05 bits per heavy atom. The molecule has 1 saturated heterocycles. The molecule has 6 nitrogen and oxygen atoms in total. The van der Waals surface area contributed by atoms with Crippen molar-refractivity contribution in [2.24, 2.45) is 0 Å². The zero-order valence-electron chi connectivity index (χ0n) is 12.9. The van der Waals surface area contributed by atoms with E-state index in [1.165, 1.54) is 6.92 Å². The third-order valence-electron chi connectivity index (χ3n) is 3.94. The Hall–Kier alpha value is -1.92. The minimum Gasteiger partial charge on any atom is -0.497 e. The summed E-state index contributed by atoms with van der Waals surface area (Å²) in [7, 11) is 1.55. The van der Waals surface area contributed by atoms with Gasteiger partial charge in [-0.05, 0) is 37.6 Å². The molecule has 0 radical (unpaired) electrons. The number of ketones is 1. The van der Waals surface area contributed by atoms with Gasteiger partial charge in [0.05, 0.1) is 13.2 Å². The quantitative estimate of drug-likeness (QED) is 0.730. The lowest BCUT2D eigenvalue weighted by atomic mass is 9.88. The number of ether oxygens (including phenoxy) is 1. The van der Waals surface area contributed by atoms with E-state index < -0.39 is 17.4 Å². The summed E-state index contributed by atoms with van der Waals surface area (Å²) in [5.41, 5.74) is -1.16. The monoisotopic (exact) mass is 306 g/mol. The predicted octanol–water partition coefficient (Wildman–Crippen LogP) is 0.340. The number of methoxy groups -OCH3 is 1. The van der Waals surface area contributed by atoms with Crippen LogP contribution in [0.4, 0.5) is 0 Å². The summed E-state index contributed by atoms with van der Waals surface area (Å²) in [6, 6.07) is 6.08. The van der Waals surface area contributed by atoms with Gasteiger partial charge in [0, 0.05) is 13.0 Å². The van der Waals surface area contributed by atoms with Crippen LogP contribution in [0, 0.1) is 0 Å². The molecule has 120 valence electrons. The van der Waals surface area contributed by atoms with Gasteiger partial charge in [0.1, 0.15) is 11.4 Å². The molecule has 2 unspecified atom stereocenters. The van der Waals surface area contributed by atoms with Gasteiger partial charge in [-0.15, -0.1) is 0 Å². The van der Waals surface area contributed by atoms with Gasteiger partial charge in [0.2, 0.25) is 5.91 Å². The molecule has 0 aromatic heterocycles. The maximum Gasteiger partial charge on any atom is 0.237 e. The van der Waals surface area contributed by atoms with E-state index in [2.05, 4.69) is 10.6 Å². The van der Waals surface area contributed by atoms with Crippen LogP contribution in [-0.2, 0) is 15.2 Å². The fraction of sp³-hybridized carbons (Fsp3) is 0.500. The van der Waals surface area contributed by atoms with Gasteiger partial charge >= 0.3 is 0 Å². The van der Waals surface area contributed by atoms with E-state index in [0.29, 0.717) is 24.4 Å². The summed E-state index contributed by atoms with van der Waals surface area (Å²) < 4.78 is 5.06. The highest BCUT2D eigenvalue weighted by Crippen LogP contribution is 2.25. The van der Waals surface area contributed by atoms with Crippen LogP contribution in [0.3, 0.4) is 0 Å². The second kappa shape index (κ2) is 6.89. The van der Waals surface area contributed by atoms with Crippen molar-refractivity contribution in [3.8, 4) is 5.75 Å². The molecule has 1 fully saturated rings. The van der Waals surface area contributed by atoms with Crippen molar-refractivity contribution in [2.75, 3.05) is 20.2 Å². The summed E-state index contributed by atoms with van der Waals surface area (Å²) in [4.78, 5) is 24.3. The van der Waals surface area contributed by atoms with E-state index in [9.17, 15) is 14.7 Å². The number of benzene rings is 1. The van der Waals surface area contributed by atoms with Crippen molar-refractivity contribution in [1.29, 1.82) is 0 Å². The summed E-state index contributed by atoms with van der Waals surface area (Å²) in [5.74, 6) is 0.0559. The maximum atomic E-state index is 12.4. The highest BCUT2D eigenvalue weighted by molar-refractivity contribution is 5.93. The summed E-state index contributed by atoms with van der Waals surface area (Å²) >= 11 is 0. The van der Waals surface area contributed by atoms with Crippen molar-refractivity contribution in [3.63, 3.8) is 0 Å². The smallest absolute Gasteiger partial charge is 0.237 e.